The molecule has 0 aliphatic carbocycles. The van der Waals surface area contributed by atoms with E-state index in [4.69, 9.17) is 0 Å². The van der Waals surface area contributed by atoms with Gasteiger partial charge in [0.15, 0.2) is 0 Å². The van der Waals surface area contributed by atoms with E-state index in [1.165, 1.54) is 64.2 Å². The molecule has 0 atom stereocenters. The van der Waals surface area contributed by atoms with Crippen LogP contribution in [0, 0.1) is 0 Å². The lowest BCUT2D eigenvalue weighted by molar-refractivity contribution is -0.310. The van der Waals surface area contributed by atoms with Crippen LogP contribution in [0.1, 0.15) is 77.0 Å². The van der Waals surface area contributed by atoms with Gasteiger partial charge in [0.2, 0.25) is 22.8 Å². The van der Waals surface area contributed by atoms with Crippen LogP contribution in [-0.4, -0.2) is 60.9 Å². The van der Waals surface area contributed by atoms with Gasteiger partial charge in [0.25, 0.3) is 0 Å². The van der Waals surface area contributed by atoms with Gasteiger partial charge in [-0.1, -0.05) is 38.5 Å². The van der Waals surface area contributed by atoms with Crippen molar-refractivity contribution in [3.63, 3.8) is 0 Å². The summed E-state index contributed by atoms with van der Waals surface area (Å²) >= 11 is 0. The van der Waals surface area contributed by atoms with E-state index < -0.39 is 0 Å². The van der Waals surface area contributed by atoms with Gasteiger partial charge in [-0.05, 0) is 82.2 Å². The first-order valence-corrected chi connectivity index (χ1v) is 15.6. The molecular formula is C33H46IN5O2. The van der Waals surface area contributed by atoms with Gasteiger partial charge in [-0.2, -0.15) is 0 Å². The molecule has 3 heterocycles. The van der Waals surface area contributed by atoms with Crippen molar-refractivity contribution in [3.8, 4) is 0 Å². The molecule has 0 radical (unpaired) electrons. The maximum absolute atomic E-state index is 12.7. The van der Waals surface area contributed by atoms with Crippen LogP contribution in [-0.2, 0) is 9.59 Å². The monoisotopic (exact) mass is 671 g/mol. The molecule has 2 aliphatic rings. The molecule has 2 aliphatic heterocycles. The molecule has 0 spiro atoms. The van der Waals surface area contributed by atoms with Gasteiger partial charge < -0.3 is 44.4 Å². The van der Waals surface area contributed by atoms with Crippen LogP contribution >= 0.6 is 0 Å². The van der Waals surface area contributed by atoms with E-state index in [1.54, 1.807) is 0 Å². The van der Waals surface area contributed by atoms with Gasteiger partial charge in [0, 0.05) is 60.2 Å². The Bertz CT molecular complexity index is 1190. The van der Waals surface area contributed by atoms with Crippen LogP contribution in [0.3, 0.4) is 0 Å². The molecule has 2 saturated heterocycles. The van der Waals surface area contributed by atoms with E-state index in [-0.39, 0.29) is 35.8 Å². The Morgan fingerprint density at radius 3 is 1.39 bits per heavy atom. The molecule has 0 unspecified atom stereocenters. The molecule has 2 aromatic carbocycles. The largest absolute Gasteiger partial charge is 1.00 e. The van der Waals surface area contributed by atoms with E-state index in [1.807, 2.05) is 36.4 Å². The minimum absolute atomic E-state index is 0. The van der Waals surface area contributed by atoms with E-state index in [2.05, 4.69) is 31.5 Å². The lowest BCUT2D eigenvalue weighted by Gasteiger charge is -2.24. The number of carbonyl (C=O) groups is 2. The van der Waals surface area contributed by atoms with Crippen molar-refractivity contribution in [1.82, 2.24) is 9.80 Å². The average molecular weight is 672 g/mol. The summed E-state index contributed by atoms with van der Waals surface area (Å²) in [6, 6.07) is 14.2. The Hall–Kier alpha value is -2.30. The number of aromatic amines is 1. The third-order valence-electron chi connectivity index (χ3n) is 8.46. The SMILES string of the molecule is O=C(CCN1CCCCCCC1)Nc1ccc2cc3ccc(NC(=O)CCN4CCCCCCC4)cc3[nH+]c2c1.[I-]. The highest BCUT2D eigenvalue weighted by Crippen LogP contribution is 2.23. The number of fused-ring (bicyclic) bond motifs is 2. The summed E-state index contributed by atoms with van der Waals surface area (Å²) in [5.41, 5.74) is 3.51. The first kappa shape index (κ1) is 31.6. The van der Waals surface area contributed by atoms with Crippen molar-refractivity contribution in [2.75, 3.05) is 49.9 Å². The smallest absolute Gasteiger partial charge is 0.225 e. The molecule has 8 heteroatoms. The second kappa shape index (κ2) is 16.4. The zero-order valence-electron chi connectivity index (χ0n) is 24.4. The molecule has 1 aromatic heterocycles. The number of H-pyrrole nitrogens is 1. The average Bonchev–Trinajstić information content (AvgIpc) is 2.91. The zero-order chi connectivity index (χ0) is 27.6. The highest BCUT2D eigenvalue weighted by atomic mass is 127. The van der Waals surface area contributed by atoms with Crippen LogP contribution in [0.5, 0.6) is 0 Å². The molecule has 41 heavy (non-hydrogen) atoms. The van der Waals surface area contributed by atoms with E-state index in [0.717, 1.165) is 72.4 Å². The molecule has 3 N–H and O–H groups in total. The lowest BCUT2D eigenvalue weighted by atomic mass is 10.1. The number of anilines is 2. The van der Waals surface area contributed by atoms with Gasteiger partial charge in [0.05, 0.1) is 0 Å². The summed E-state index contributed by atoms with van der Waals surface area (Å²) in [5, 5.41) is 8.34. The normalized spacial score (nSPS) is 17.6. The number of halogens is 1. The Balaban J connectivity index is 0.00000387. The minimum atomic E-state index is 0. The number of carbonyl (C=O) groups excluding carboxylic acids is 2. The molecule has 0 saturated carbocycles. The summed E-state index contributed by atoms with van der Waals surface area (Å²) in [6.07, 6.45) is 13.9. The standard InChI is InChI=1S/C33H45N5O2.HI/c39-32(15-21-37-17-7-3-1-4-8-18-37)34-28-13-11-26-23-27-12-14-29(25-31(27)36-30(26)24-28)35-33(40)16-22-38-19-9-5-2-6-10-20-38;/h11-14,23-25H,1-10,15-22H2,(H,34,39)(H,35,40);1H. The van der Waals surface area contributed by atoms with Crippen molar-refractivity contribution in [2.45, 2.75) is 77.0 Å². The Labute approximate surface area is 261 Å². The highest BCUT2D eigenvalue weighted by Gasteiger charge is 2.14. The third-order valence-corrected chi connectivity index (χ3v) is 8.46. The summed E-state index contributed by atoms with van der Waals surface area (Å²) in [5.74, 6) is 0.117. The molecule has 0 bridgehead atoms. The molecule has 7 nitrogen and oxygen atoms in total. The van der Waals surface area contributed by atoms with Gasteiger partial charge in [-0.15, -0.1) is 0 Å². The summed E-state index contributed by atoms with van der Waals surface area (Å²) in [7, 11) is 0. The maximum Gasteiger partial charge on any atom is 0.225 e. The number of hydrogen-bond acceptors (Lipinski definition) is 4. The summed E-state index contributed by atoms with van der Waals surface area (Å²) < 4.78 is 0. The Kier molecular flexibility index (Phi) is 12.6. The number of nitrogens with zero attached hydrogens (tertiary/aromatic N) is 2. The lowest BCUT2D eigenvalue weighted by Crippen LogP contribution is -3.00. The van der Waals surface area contributed by atoms with Crippen LogP contribution < -0.4 is 39.6 Å². The van der Waals surface area contributed by atoms with Crippen molar-refractivity contribution in [2.24, 2.45) is 0 Å². The van der Waals surface area contributed by atoms with E-state index in [9.17, 15) is 9.59 Å². The highest BCUT2D eigenvalue weighted by molar-refractivity contribution is 5.97. The maximum atomic E-state index is 12.7. The van der Waals surface area contributed by atoms with Crippen molar-refractivity contribution in [3.05, 3.63) is 42.5 Å². The molecule has 2 amide bonds. The number of likely N-dealkylation sites (tertiary alicyclic amines) is 2. The number of benzene rings is 2. The van der Waals surface area contributed by atoms with Gasteiger partial charge in [-0.3, -0.25) is 9.59 Å². The fourth-order valence-electron chi connectivity index (χ4n) is 6.09. The number of pyridine rings is 1. The van der Waals surface area contributed by atoms with E-state index in [0.29, 0.717) is 12.8 Å². The van der Waals surface area contributed by atoms with Gasteiger partial charge in [-0.25, -0.2) is 4.98 Å². The molecule has 3 aromatic rings. The number of amides is 2. The predicted octanol–water partition coefficient (Wildman–Crippen LogP) is 3.00. The number of aromatic nitrogens is 1. The molecular weight excluding hydrogens is 625 g/mol. The first-order chi connectivity index (χ1) is 19.6. The number of hydrogen-bond donors (Lipinski definition) is 2. The Morgan fingerprint density at radius 1 is 0.585 bits per heavy atom. The van der Waals surface area contributed by atoms with Crippen molar-refractivity contribution in [1.29, 1.82) is 0 Å². The topological polar surface area (TPSA) is 78.8 Å². The minimum Gasteiger partial charge on any atom is -1.00 e. The van der Waals surface area contributed by atoms with Crippen LogP contribution in [0.2, 0.25) is 0 Å². The Morgan fingerprint density at radius 2 is 0.976 bits per heavy atom. The van der Waals surface area contributed by atoms with E-state index >= 15 is 0 Å². The van der Waals surface area contributed by atoms with Crippen molar-refractivity contribution >= 4 is 45.0 Å². The fourth-order valence-corrected chi connectivity index (χ4v) is 6.09. The van der Waals surface area contributed by atoms with Gasteiger partial charge in [0.1, 0.15) is 0 Å². The summed E-state index contributed by atoms with van der Waals surface area (Å²) in [4.78, 5) is 33.8. The molecule has 222 valence electrons. The van der Waals surface area contributed by atoms with Crippen LogP contribution in [0.15, 0.2) is 42.5 Å². The second-order valence-electron chi connectivity index (χ2n) is 11.7. The fraction of sp³-hybridized carbons (Fsp3) is 0.545. The zero-order valence-corrected chi connectivity index (χ0v) is 26.5. The summed E-state index contributed by atoms with van der Waals surface area (Å²) in [6.45, 7) is 6.06. The van der Waals surface area contributed by atoms with Crippen LogP contribution in [0.25, 0.3) is 21.8 Å². The predicted molar refractivity (Wildman–Crippen MR) is 164 cm³/mol. The number of nitrogens with one attached hydrogen (secondary N) is 3. The van der Waals surface area contributed by atoms with Crippen LogP contribution in [0.4, 0.5) is 11.4 Å². The molecule has 5 rings (SSSR count). The van der Waals surface area contributed by atoms with Crippen molar-refractivity contribution < 1.29 is 38.5 Å². The van der Waals surface area contributed by atoms with Gasteiger partial charge >= 0.3 is 0 Å². The number of rotatable bonds is 8. The quantitative estimate of drug-likeness (QED) is 0.286. The molecule has 2 fully saturated rings. The second-order valence-corrected chi connectivity index (χ2v) is 11.7. The first-order valence-electron chi connectivity index (χ1n) is 15.6. The third kappa shape index (κ3) is 9.89.